The number of ketones is 1. The molecule has 1 aromatic carbocycles. The number of rotatable bonds is 3. The maximum absolute atomic E-state index is 13.5. The van der Waals surface area contributed by atoms with Crippen molar-refractivity contribution in [2.24, 2.45) is 0 Å². The van der Waals surface area contributed by atoms with Crippen LogP contribution in [-0.2, 0) is 0 Å². The molecule has 1 aromatic heterocycles. The van der Waals surface area contributed by atoms with E-state index in [1.807, 2.05) is 0 Å². The lowest BCUT2D eigenvalue weighted by molar-refractivity contribution is 0.101. The summed E-state index contributed by atoms with van der Waals surface area (Å²) in [6, 6.07) is 5.97. The van der Waals surface area contributed by atoms with Crippen LogP contribution in [0.5, 0.6) is 5.75 Å². The highest BCUT2D eigenvalue weighted by atomic mass is 19.1. The van der Waals surface area contributed by atoms with Gasteiger partial charge in [-0.25, -0.2) is 4.39 Å². The lowest BCUT2D eigenvalue weighted by Crippen LogP contribution is -1.94. The number of methoxy groups -OCH3 is 1. The van der Waals surface area contributed by atoms with Gasteiger partial charge in [-0.05, 0) is 36.8 Å². The van der Waals surface area contributed by atoms with Crippen LogP contribution in [0.4, 0.5) is 4.39 Å². The van der Waals surface area contributed by atoms with Crippen LogP contribution in [0.25, 0.3) is 11.1 Å². The van der Waals surface area contributed by atoms with Crippen LogP contribution in [0, 0.1) is 5.82 Å². The predicted molar refractivity (Wildman–Crippen MR) is 66.2 cm³/mol. The van der Waals surface area contributed by atoms with E-state index >= 15 is 0 Å². The molecule has 0 radical (unpaired) electrons. The van der Waals surface area contributed by atoms with E-state index in [2.05, 4.69) is 4.98 Å². The quantitative estimate of drug-likeness (QED) is 0.780. The lowest BCUT2D eigenvalue weighted by atomic mass is 10.0. The SMILES string of the molecule is COc1cncc(-c2cc(F)cc(C(C)=O)c2)c1. The molecule has 2 aromatic rings. The third-order valence-corrected chi connectivity index (χ3v) is 2.59. The smallest absolute Gasteiger partial charge is 0.159 e. The number of hydrogen-bond acceptors (Lipinski definition) is 3. The van der Waals surface area contributed by atoms with Crippen molar-refractivity contribution in [3.63, 3.8) is 0 Å². The first-order valence-electron chi connectivity index (χ1n) is 5.41. The Morgan fingerprint density at radius 2 is 1.94 bits per heavy atom. The molecule has 0 fully saturated rings. The van der Waals surface area contributed by atoms with Crippen LogP contribution in [0.15, 0.2) is 36.7 Å². The largest absolute Gasteiger partial charge is 0.495 e. The summed E-state index contributed by atoms with van der Waals surface area (Å²) in [6.45, 7) is 1.41. The molecule has 92 valence electrons. The Labute approximate surface area is 104 Å². The highest BCUT2D eigenvalue weighted by molar-refractivity contribution is 5.95. The third kappa shape index (κ3) is 2.53. The van der Waals surface area contributed by atoms with Gasteiger partial charge in [-0.15, -0.1) is 0 Å². The zero-order valence-corrected chi connectivity index (χ0v) is 10.1. The van der Waals surface area contributed by atoms with Gasteiger partial charge in [0.1, 0.15) is 11.6 Å². The number of ether oxygens (including phenoxy) is 1. The summed E-state index contributed by atoms with van der Waals surface area (Å²) >= 11 is 0. The third-order valence-electron chi connectivity index (χ3n) is 2.59. The van der Waals surface area contributed by atoms with E-state index in [1.54, 1.807) is 24.5 Å². The molecule has 3 nitrogen and oxygen atoms in total. The number of Topliss-reactive ketones (excluding diaryl/α,β-unsaturated/α-hetero) is 1. The maximum atomic E-state index is 13.5. The molecule has 0 bridgehead atoms. The van der Waals surface area contributed by atoms with Crippen molar-refractivity contribution in [2.45, 2.75) is 6.92 Å². The summed E-state index contributed by atoms with van der Waals surface area (Å²) in [5.41, 5.74) is 1.65. The van der Waals surface area contributed by atoms with Gasteiger partial charge >= 0.3 is 0 Å². The van der Waals surface area contributed by atoms with Crippen molar-refractivity contribution in [1.29, 1.82) is 0 Å². The normalized spacial score (nSPS) is 10.2. The fourth-order valence-corrected chi connectivity index (χ4v) is 1.65. The Morgan fingerprint density at radius 1 is 1.17 bits per heavy atom. The van der Waals surface area contributed by atoms with E-state index in [4.69, 9.17) is 4.74 Å². The number of carbonyl (C=O) groups is 1. The molecule has 4 heteroatoms. The molecule has 0 unspecified atom stereocenters. The summed E-state index contributed by atoms with van der Waals surface area (Å²) in [7, 11) is 1.54. The molecule has 0 atom stereocenters. The zero-order chi connectivity index (χ0) is 13.1. The molecule has 0 amide bonds. The average Bonchev–Trinajstić information content (AvgIpc) is 2.38. The first-order valence-corrected chi connectivity index (χ1v) is 5.41. The van der Waals surface area contributed by atoms with Gasteiger partial charge in [0.2, 0.25) is 0 Å². The molecule has 2 rings (SSSR count). The van der Waals surface area contributed by atoms with Gasteiger partial charge in [-0.1, -0.05) is 0 Å². The van der Waals surface area contributed by atoms with Gasteiger partial charge < -0.3 is 4.74 Å². The number of pyridine rings is 1. The lowest BCUT2D eigenvalue weighted by Gasteiger charge is -2.06. The van der Waals surface area contributed by atoms with Gasteiger partial charge in [0.15, 0.2) is 5.78 Å². The van der Waals surface area contributed by atoms with Crippen LogP contribution in [-0.4, -0.2) is 17.9 Å². The Bertz CT molecular complexity index is 596. The molecule has 0 aliphatic heterocycles. The molecule has 0 spiro atoms. The topological polar surface area (TPSA) is 39.2 Å². The van der Waals surface area contributed by atoms with E-state index in [0.717, 1.165) is 0 Å². The first kappa shape index (κ1) is 12.2. The van der Waals surface area contributed by atoms with Gasteiger partial charge in [0, 0.05) is 17.3 Å². The summed E-state index contributed by atoms with van der Waals surface area (Å²) < 4.78 is 18.5. The number of benzene rings is 1. The van der Waals surface area contributed by atoms with Crippen molar-refractivity contribution < 1.29 is 13.9 Å². The van der Waals surface area contributed by atoms with E-state index < -0.39 is 5.82 Å². The molecule has 0 aliphatic carbocycles. The summed E-state index contributed by atoms with van der Waals surface area (Å²) in [5.74, 6) is -0.0340. The molecule has 0 saturated heterocycles. The Kier molecular flexibility index (Phi) is 3.37. The van der Waals surface area contributed by atoms with E-state index in [1.165, 1.54) is 26.2 Å². The van der Waals surface area contributed by atoms with Gasteiger partial charge in [-0.2, -0.15) is 0 Å². The monoisotopic (exact) mass is 245 g/mol. The fourth-order valence-electron chi connectivity index (χ4n) is 1.65. The number of aromatic nitrogens is 1. The molecule has 18 heavy (non-hydrogen) atoms. The Morgan fingerprint density at radius 3 is 2.61 bits per heavy atom. The number of hydrogen-bond donors (Lipinski definition) is 0. The molecule has 0 aliphatic rings. The van der Waals surface area contributed by atoms with E-state index in [-0.39, 0.29) is 5.78 Å². The van der Waals surface area contributed by atoms with Crippen molar-refractivity contribution >= 4 is 5.78 Å². The van der Waals surface area contributed by atoms with Crippen LogP contribution in [0.3, 0.4) is 0 Å². The van der Waals surface area contributed by atoms with E-state index in [9.17, 15) is 9.18 Å². The van der Waals surface area contributed by atoms with Crippen molar-refractivity contribution in [1.82, 2.24) is 4.98 Å². The van der Waals surface area contributed by atoms with Gasteiger partial charge in [0.25, 0.3) is 0 Å². The average molecular weight is 245 g/mol. The summed E-state index contributed by atoms with van der Waals surface area (Å²) in [4.78, 5) is 15.3. The maximum Gasteiger partial charge on any atom is 0.159 e. The van der Waals surface area contributed by atoms with Gasteiger partial charge in [-0.3, -0.25) is 9.78 Å². The van der Waals surface area contributed by atoms with Crippen LogP contribution in [0.2, 0.25) is 0 Å². The van der Waals surface area contributed by atoms with Crippen LogP contribution in [0.1, 0.15) is 17.3 Å². The molecule has 1 heterocycles. The molecular formula is C14H12FNO2. The number of halogens is 1. The Balaban J connectivity index is 2.52. The number of nitrogens with zero attached hydrogens (tertiary/aromatic N) is 1. The standard InChI is InChI=1S/C14H12FNO2/c1-9(17)10-3-11(5-13(15)4-10)12-6-14(18-2)8-16-7-12/h3-8H,1-2H3. The molecule has 0 saturated carbocycles. The highest BCUT2D eigenvalue weighted by Crippen LogP contribution is 2.24. The second kappa shape index (κ2) is 4.96. The zero-order valence-electron chi connectivity index (χ0n) is 10.1. The molecular weight excluding hydrogens is 233 g/mol. The minimum Gasteiger partial charge on any atom is -0.495 e. The summed E-state index contributed by atoms with van der Waals surface area (Å²) in [5, 5.41) is 0. The second-order valence-corrected chi connectivity index (χ2v) is 3.90. The number of carbonyl (C=O) groups excluding carboxylic acids is 1. The minimum absolute atomic E-state index is 0.174. The fraction of sp³-hybridized carbons (Fsp3) is 0.143. The van der Waals surface area contributed by atoms with Gasteiger partial charge in [0.05, 0.1) is 13.3 Å². The van der Waals surface area contributed by atoms with Crippen molar-refractivity contribution in [2.75, 3.05) is 7.11 Å². The van der Waals surface area contributed by atoms with Crippen LogP contribution >= 0.6 is 0 Å². The second-order valence-electron chi connectivity index (χ2n) is 3.90. The van der Waals surface area contributed by atoms with E-state index in [0.29, 0.717) is 22.4 Å². The molecule has 0 N–H and O–H groups in total. The Hall–Kier alpha value is -2.23. The first-order chi connectivity index (χ1) is 8.60. The van der Waals surface area contributed by atoms with Crippen LogP contribution < -0.4 is 4.74 Å². The predicted octanol–water partition coefficient (Wildman–Crippen LogP) is 3.10. The van der Waals surface area contributed by atoms with Crippen molar-refractivity contribution in [3.8, 4) is 16.9 Å². The summed E-state index contributed by atoms with van der Waals surface area (Å²) in [6.07, 6.45) is 3.16. The van der Waals surface area contributed by atoms with Crippen molar-refractivity contribution in [3.05, 3.63) is 48.0 Å². The highest BCUT2D eigenvalue weighted by Gasteiger charge is 2.07. The minimum atomic E-state index is -0.444.